The Balaban J connectivity index is 1.21. The first-order valence-corrected chi connectivity index (χ1v) is 17.9. The second-order valence-corrected chi connectivity index (χ2v) is 14.4. The summed E-state index contributed by atoms with van der Waals surface area (Å²) in [5, 5.41) is 12.3. The molecule has 6 rings (SSSR count). The summed E-state index contributed by atoms with van der Waals surface area (Å²) >= 11 is 0. The lowest BCUT2D eigenvalue weighted by molar-refractivity contribution is -0.138. The van der Waals surface area contributed by atoms with Gasteiger partial charge in [-0.1, -0.05) is 52.0 Å². The van der Waals surface area contributed by atoms with Crippen LogP contribution in [0.1, 0.15) is 77.1 Å². The first-order chi connectivity index (χ1) is 24.9. The molecule has 0 unspecified atom stereocenters. The molecule has 2 fully saturated rings. The van der Waals surface area contributed by atoms with Gasteiger partial charge in [0.05, 0.1) is 35.9 Å². The number of H-pyrrole nitrogens is 2. The number of ether oxygens (including phenoxy) is 1. The number of carboxylic acid groups (broad SMARTS) is 1. The second kappa shape index (κ2) is 15.1. The van der Waals surface area contributed by atoms with Crippen LogP contribution in [-0.4, -0.2) is 103 Å². The minimum Gasteiger partial charge on any atom is -0.465 e. The van der Waals surface area contributed by atoms with E-state index in [0.717, 1.165) is 64.0 Å². The van der Waals surface area contributed by atoms with Crippen molar-refractivity contribution in [1.82, 2.24) is 40.0 Å². The number of nitrogens with zero attached hydrogens (tertiary/aromatic N) is 5. The monoisotopic (exact) mass is 712 g/mol. The Kier molecular flexibility index (Phi) is 10.5. The molecule has 276 valence electrons. The molecule has 4 aromatic rings. The Labute approximate surface area is 302 Å². The Morgan fingerprint density at radius 2 is 1.54 bits per heavy atom. The third kappa shape index (κ3) is 7.19. The quantitative estimate of drug-likeness (QED) is 0.156. The average molecular weight is 713 g/mol. The van der Waals surface area contributed by atoms with E-state index in [0.29, 0.717) is 24.7 Å². The van der Waals surface area contributed by atoms with Crippen LogP contribution in [0.15, 0.2) is 48.7 Å². The van der Waals surface area contributed by atoms with Gasteiger partial charge in [0, 0.05) is 31.9 Å². The number of methoxy groups -OCH3 is 1. The Hall–Kier alpha value is -5.40. The summed E-state index contributed by atoms with van der Waals surface area (Å²) in [5.41, 5.74) is 5.25. The number of hydrogen-bond donors (Lipinski definition) is 4. The Morgan fingerprint density at radius 1 is 0.885 bits per heavy atom. The maximum atomic E-state index is 13.7. The number of aromatic nitrogens is 4. The molecule has 14 heteroatoms. The number of rotatable bonds is 10. The highest BCUT2D eigenvalue weighted by Crippen LogP contribution is 2.36. The predicted octanol–water partition coefficient (Wildman–Crippen LogP) is 5.96. The molecule has 4 atom stereocenters. The molecule has 2 saturated heterocycles. The van der Waals surface area contributed by atoms with Crippen molar-refractivity contribution < 1.29 is 29.0 Å². The zero-order valence-electron chi connectivity index (χ0n) is 30.6. The number of hydrogen-bond acceptors (Lipinski definition) is 7. The number of fused-ring (bicyclic) bond motifs is 1. The first kappa shape index (κ1) is 36.4. The lowest BCUT2D eigenvalue weighted by Crippen LogP contribution is -2.51. The van der Waals surface area contributed by atoms with Gasteiger partial charge in [0.2, 0.25) is 11.8 Å². The van der Waals surface area contributed by atoms with E-state index in [1.54, 1.807) is 9.80 Å². The summed E-state index contributed by atoms with van der Waals surface area (Å²) in [4.78, 5) is 72.2. The minimum absolute atomic E-state index is 0.119. The first-order valence-electron chi connectivity index (χ1n) is 17.9. The zero-order valence-corrected chi connectivity index (χ0v) is 30.6. The van der Waals surface area contributed by atoms with Crippen molar-refractivity contribution in [1.29, 1.82) is 0 Å². The second-order valence-electron chi connectivity index (χ2n) is 14.4. The van der Waals surface area contributed by atoms with Gasteiger partial charge in [0.25, 0.3) is 0 Å². The fourth-order valence-electron chi connectivity index (χ4n) is 7.57. The van der Waals surface area contributed by atoms with E-state index in [-0.39, 0.29) is 35.7 Å². The standard InChI is InChI=1S/C38H48N8O6/c1-21(2)31(43-37(49)52-6)35(47)45-16-8-12-29(45)33-39-20-28(42-33)25-11-7-10-23(18-25)24-14-15-26-27(19-24)41-34(40-26)30-13-9-17-46(30)36(48)32(22(3)4)44(5)38(50)51/h7,10-11,14-15,18-22,29-32H,8-9,12-13,16-17H2,1-6H3,(H,39,42)(H,40,41)(H,43,49)(H,50,51)/t29-,30-,31-,32-/m0/s1. The van der Waals surface area contributed by atoms with Gasteiger partial charge in [-0.25, -0.2) is 19.6 Å². The Morgan fingerprint density at radius 3 is 2.19 bits per heavy atom. The van der Waals surface area contributed by atoms with E-state index < -0.39 is 24.3 Å². The Bertz CT molecular complexity index is 1950. The van der Waals surface area contributed by atoms with Crippen LogP contribution >= 0.6 is 0 Å². The van der Waals surface area contributed by atoms with Crippen molar-refractivity contribution in [2.75, 3.05) is 27.2 Å². The number of nitrogens with one attached hydrogen (secondary N) is 3. The topological polar surface area (TPSA) is 177 Å². The summed E-state index contributed by atoms with van der Waals surface area (Å²) in [5.74, 6) is 0.731. The van der Waals surface area contributed by atoms with Gasteiger partial charge in [-0.15, -0.1) is 0 Å². The highest BCUT2D eigenvalue weighted by Gasteiger charge is 2.40. The number of carbonyl (C=O) groups excluding carboxylic acids is 3. The summed E-state index contributed by atoms with van der Waals surface area (Å²) in [7, 11) is 2.73. The van der Waals surface area contributed by atoms with Crippen LogP contribution in [0.5, 0.6) is 0 Å². The van der Waals surface area contributed by atoms with Crippen molar-refractivity contribution in [2.45, 2.75) is 77.5 Å². The van der Waals surface area contributed by atoms with Crippen LogP contribution in [0.3, 0.4) is 0 Å². The molecule has 52 heavy (non-hydrogen) atoms. The van der Waals surface area contributed by atoms with Crippen LogP contribution in [0.25, 0.3) is 33.4 Å². The average Bonchev–Trinajstić information content (AvgIpc) is 3.95. The van der Waals surface area contributed by atoms with E-state index >= 15 is 0 Å². The lowest BCUT2D eigenvalue weighted by Gasteiger charge is -2.33. The number of imidazole rings is 2. The van der Waals surface area contributed by atoms with Gasteiger partial charge < -0.3 is 34.9 Å². The smallest absolute Gasteiger partial charge is 0.407 e. The van der Waals surface area contributed by atoms with Crippen LogP contribution in [0.2, 0.25) is 0 Å². The highest BCUT2D eigenvalue weighted by molar-refractivity contribution is 5.88. The van der Waals surface area contributed by atoms with Gasteiger partial charge in [0.1, 0.15) is 23.7 Å². The predicted molar refractivity (Wildman–Crippen MR) is 195 cm³/mol. The number of amides is 4. The molecule has 4 heterocycles. The normalized spacial score (nSPS) is 18.6. The molecule has 0 spiro atoms. The number of carbonyl (C=O) groups is 4. The van der Waals surface area contributed by atoms with Gasteiger partial charge in [-0.2, -0.15) is 0 Å². The summed E-state index contributed by atoms with van der Waals surface area (Å²) in [6.07, 6.45) is 3.23. The van der Waals surface area contributed by atoms with Crippen LogP contribution in [0, 0.1) is 11.8 Å². The van der Waals surface area contributed by atoms with Gasteiger partial charge >= 0.3 is 12.2 Å². The molecule has 0 radical (unpaired) electrons. The molecular formula is C38H48N8O6. The summed E-state index contributed by atoms with van der Waals surface area (Å²) in [6, 6.07) is 12.1. The van der Waals surface area contributed by atoms with Crippen molar-refractivity contribution in [3.8, 4) is 22.4 Å². The third-order valence-corrected chi connectivity index (χ3v) is 10.3. The third-order valence-electron chi connectivity index (χ3n) is 10.3. The number of likely N-dealkylation sites (tertiary alicyclic amines) is 2. The van der Waals surface area contributed by atoms with Crippen molar-refractivity contribution in [3.63, 3.8) is 0 Å². The molecule has 2 aromatic carbocycles. The molecule has 0 aliphatic carbocycles. The number of benzene rings is 2. The molecular weight excluding hydrogens is 664 g/mol. The summed E-state index contributed by atoms with van der Waals surface area (Å²) in [6.45, 7) is 8.63. The van der Waals surface area contributed by atoms with Crippen LogP contribution < -0.4 is 5.32 Å². The lowest BCUT2D eigenvalue weighted by atomic mass is 10.0. The van der Waals surface area contributed by atoms with Gasteiger partial charge in [0.15, 0.2) is 0 Å². The highest BCUT2D eigenvalue weighted by atomic mass is 16.5. The molecule has 0 saturated carbocycles. The molecule has 2 aliphatic rings. The molecule has 4 N–H and O–H groups in total. The van der Waals surface area contributed by atoms with E-state index in [9.17, 15) is 24.3 Å². The number of alkyl carbamates (subject to hydrolysis) is 1. The molecule has 0 bridgehead atoms. The van der Waals surface area contributed by atoms with Gasteiger partial charge in [-0.3, -0.25) is 14.5 Å². The number of aromatic amines is 2. The van der Waals surface area contributed by atoms with E-state index in [4.69, 9.17) is 14.7 Å². The van der Waals surface area contributed by atoms with Crippen LogP contribution in [0.4, 0.5) is 9.59 Å². The molecule has 2 aliphatic heterocycles. The van der Waals surface area contributed by atoms with Crippen LogP contribution in [-0.2, 0) is 14.3 Å². The molecule has 4 amide bonds. The maximum Gasteiger partial charge on any atom is 0.407 e. The minimum atomic E-state index is -1.13. The fraction of sp³-hybridized carbons (Fsp3) is 0.474. The van der Waals surface area contributed by atoms with Crippen molar-refractivity contribution in [3.05, 3.63) is 60.3 Å². The van der Waals surface area contributed by atoms with E-state index in [2.05, 4.69) is 21.4 Å². The largest absolute Gasteiger partial charge is 0.465 e. The maximum absolute atomic E-state index is 13.7. The van der Waals surface area contributed by atoms with Crippen molar-refractivity contribution >= 4 is 35.0 Å². The van der Waals surface area contributed by atoms with E-state index in [1.165, 1.54) is 14.2 Å². The molecule has 2 aromatic heterocycles. The SMILES string of the molecule is COC(=O)N[C@H](C(=O)N1CCC[C@H]1c1nc(-c2cccc(-c3ccc4[nH]c([C@@H]5CCCN5C(=O)[C@H](C(C)C)N(C)C(=O)O)nc4c3)c2)c[nH]1)C(C)C. The van der Waals surface area contributed by atoms with Crippen molar-refractivity contribution in [2.24, 2.45) is 11.8 Å². The molecule has 14 nitrogen and oxygen atoms in total. The fourth-order valence-corrected chi connectivity index (χ4v) is 7.57. The van der Waals surface area contributed by atoms with E-state index in [1.807, 2.05) is 70.3 Å². The summed E-state index contributed by atoms with van der Waals surface area (Å²) < 4.78 is 4.76. The number of likely N-dealkylation sites (N-methyl/N-ethyl adjacent to an activating group) is 1. The van der Waals surface area contributed by atoms with Gasteiger partial charge in [-0.05, 0) is 66.8 Å². The zero-order chi connectivity index (χ0) is 37.3.